The maximum atomic E-state index is 12.4. The molecule has 2 amide bonds. The van der Waals surface area contributed by atoms with Gasteiger partial charge in [0.05, 0.1) is 26.1 Å². The molecule has 2 rings (SSSR count). The largest absolute Gasteiger partial charge is 0.497 e. The topological polar surface area (TPSA) is 85.2 Å². The summed E-state index contributed by atoms with van der Waals surface area (Å²) < 4.78 is 6.90. The Hall–Kier alpha value is -2.83. The van der Waals surface area contributed by atoms with Crippen molar-refractivity contribution < 1.29 is 14.3 Å². The van der Waals surface area contributed by atoms with Gasteiger partial charge in [0, 0.05) is 25.4 Å². The molecule has 134 valence electrons. The molecule has 0 fully saturated rings. The minimum Gasteiger partial charge on any atom is -0.497 e. The van der Waals surface area contributed by atoms with E-state index in [0.717, 1.165) is 11.3 Å². The van der Waals surface area contributed by atoms with E-state index in [4.69, 9.17) is 4.74 Å². The Morgan fingerprint density at radius 3 is 2.52 bits per heavy atom. The second kappa shape index (κ2) is 8.86. The summed E-state index contributed by atoms with van der Waals surface area (Å²) >= 11 is 0. The Balaban J connectivity index is 1.97. The predicted octanol–water partition coefficient (Wildman–Crippen LogP) is 1.66. The van der Waals surface area contributed by atoms with E-state index < -0.39 is 0 Å². The van der Waals surface area contributed by atoms with Gasteiger partial charge in [-0.05, 0) is 30.7 Å². The third kappa shape index (κ3) is 5.95. The Labute approximate surface area is 147 Å². The molecule has 0 saturated carbocycles. The van der Waals surface area contributed by atoms with Gasteiger partial charge >= 0.3 is 0 Å². The quantitative estimate of drug-likeness (QED) is 0.763. The molecule has 0 spiro atoms. The van der Waals surface area contributed by atoms with Gasteiger partial charge in [0.15, 0.2) is 0 Å². The Kier molecular flexibility index (Phi) is 6.56. The van der Waals surface area contributed by atoms with Crippen molar-refractivity contribution in [2.24, 2.45) is 0 Å². The molecule has 0 aliphatic rings. The van der Waals surface area contributed by atoms with Crippen molar-refractivity contribution in [3.8, 4) is 5.75 Å². The van der Waals surface area contributed by atoms with Crippen LogP contribution < -0.4 is 15.4 Å². The standard InChI is InChI=1S/C18H24N4O3/c1-13(12-22-10-4-9-19-22)20-18(24)11-17(21-14(2)23)15-5-7-16(25-3)8-6-15/h4-10,13,17H,11-12H2,1-3H3,(H,20,24)(H,21,23)/t13-,17-/m0/s1. The number of aromatic nitrogens is 2. The molecule has 0 saturated heterocycles. The molecule has 0 radical (unpaired) electrons. The number of nitrogens with one attached hydrogen (secondary N) is 2. The highest BCUT2D eigenvalue weighted by Crippen LogP contribution is 2.20. The summed E-state index contributed by atoms with van der Waals surface area (Å²) in [7, 11) is 1.59. The van der Waals surface area contributed by atoms with E-state index in [0.29, 0.717) is 6.54 Å². The van der Waals surface area contributed by atoms with Crippen molar-refractivity contribution >= 4 is 11.8 Å². The van der Waals surface area contributed by atoms with Crippen molar-refractivity contribution in [1.82, 2.24) is 20.4 Å². The molecule has 0 aliphatic carbocycles. The van der Waals surface area contributed by atoms with Crippen LogP contribution in [-0.4, -0.2) is 34.7 Å². The molecule has 0 unspecified atom stereocenters. The van der Waals surface area contributed by atoms with Crippen LogP contribution in [0.15, 0.2) is 42.7 Å². The lowest BCUT2D eigenvalue weighted by molar-refractivity contribution is -0.123. The van der Waals surface area contributed by atoms with Gasteiger partial charge in [0.25, 0.3) is 0 Å². The van der Waals surface area contributed by atoms with E-state index in [2.05, 4.69) is 15.7 Å². The first-order chi connectivity index (χ1) is 12.0. The van der Waals surface area contributed by atoms with Gasteiger partial charge < -0.3 is 15.4 Å². The lowest BCUT2D eigenvalue weighted by Gasteiger charge is -2.20. The second-order valence-corrected chi connectivity index (χ2v) is 5.93. The number of carbonyl (C=O) groups is 2. The van der Waals surface area contributed by atoms with Gasteiger partial charge in [0.1, 0.15) is 5.75 Å². The summed E-state index contributed by atoms with van der Waals surface area (Å²) in [6, 6.07) is 8.69. The summed E-state index contributed by atoms with van der Waals surface area (Å²) in [5.41, 5.74) is 0.853. The van der Waals surface area contributed by atoms with E-state index in [-0.39, 0.29) is 30.3 Å². The average Bonchev–Trinajstić information content (AvgIpc) is 3.06. The molecule has 2 N–H and O–H groups in total. The molecule has 1 aromatic heterocycles. The van der Waals surface area contributed by atoms with E-state index in [9.17, 15) is 9.59 Å². The number of carbonyl (C=O) groups excluding carboxylic acids is 2. The minimum atomic E-state index is -0.389. The van der Waals surface area contributed by atoms with E-state index in [1.54, 1.807) is 18.0 Å². The second-order valence-electron chi connectivity index (χ2n) is 5.93. The summed E-state index contributed by atoms with van der Waals surface area (Å²) in [6.07, 6.45) is 3.71. The van der Waals surface area contributed by atoms with Gasteiger partial charge in [-0.15, -0.1) is 0 Å². The zero-order valence-corrected chi connectivity index (χ0v) is 14.7. The number of hydrogen-bond acceptors (Lipinski definition) is 4. The molecule has 0 aliphatic heterocycles. The lowest BCUT2D eigenvalue weighted by Crippen LogP contribution is -2.38. The zero-order chi connectivity index (χ0) is 18.2. The number of nitrogens with zero attached hydrogens (tertiary/aromatic N) is 2. The van der Waals surface area contributed by atoms with Gasteiger partial charge in [-0.2, -0.15) is 5.10 Å². The Morgan fingerprint density at radius 1 is 1.24 bits per heavy atom. The number of amides is 2. The van der Waals surface area contributed by atoms with Gasteiger partial charge in [0.2, 0.25) is 11.8 Å². The normalized spacial score (nSPS) is 12.9. The highest BCUT2D eigenvalue weighted by Gasteiger charge is 2.18. The molecule has 7 heteroatoms. The molecule has 1 aromatic carbocycles. The number of rotatable bonds is 8. The van der Waals surface area contributed by atoms with E-state index >= 15 is 0 Å². The molecule has 1 heterocycles. The SMILES string of the molecule is COc1ccc([C@H](CC(=O)N[C@@H](C)Cn2cccn2)NC(C)=O)cc1. The Morgan fingerprint density at radius 2 is 1.96 bits per heavy atom. The van der Waals surface area contributed by atoms with Crippen molar-refractivity contribution in [2.45, 2.75) is 38.9 Å². The van der Waals surface area contributed by atoms with Gasteiger partial charge in [-0.3, -0.25) is 14.3 Å². The average molecular weight is 344 g/mol. The summed E-state index contributed by atoms with van der Waals surface area (Å²) in [5.74, 6) is 0.412. The van der Waals surface area contributed by atoms with Crippen LogP contribution in [0.5, 0.6) is 5.75 Å². The number of ether oxygens (including phenoxy) is 1. The smallest absolute Gasteiger partial charge is 0.222 e. The lowest BCUT2D eigenvalue weighted by atomic mass is 10.0. The molecule has 7 nitrogen and oxygen atoms in total. The van der Waals surface area contributed by atoms with Crippen LogP contribution in [0.3, 0.4) is 0 Å². The molecular weight excluding hydrogens is 320 g/mol. The van der Waals surface area contributed by atoms with Crippen LogP contribution in [0, 0.1) is 0 Å². The summed E-state index contributed by atoms with van der Waals surface area (Å²) in [5, 5.41) is 9.89. The van der Waals surface area contributed by atoms with Crippen molar-refractivity contribution in [3.63, 3.8) is 0 Å². The van der Waals surface area contributed by atoms with Crippen molar-refractivity contribution in [3.05, 3.63) is 48.3 Å². The maximum Gasteiger partial charge on any atom is 0.222 e. The van der Waals surface area contributed by atoms with E-state index in [1.807, 2.05) is 43.5 Å². The fourth-order valence-corrected chi connectivity index (χ4v) is 2.59. The third-order valence-electron chi connectivity index (χ3n) is 3.71. The van der Waals surface area contributed by atoms with Crippen LogP contribution in [0.2, 0.25) is 0 Å². The fourth-order valence-electron chi connectivity index (χ4n) is 2.59. The first-order valence-corrected chi connectivity index (χ1v) is 8.15. The molecular formula is C18H24N4O3. The molecule has 25 heavy (non-hydrogen) atoms. The van der Waals surface area contributed by atoms with Crippen LogP contribution in [-0.2, 0) is 16.1 Å². The third-order valence-corrected chi connectivity index (χ3v) is 3.71. The van der Waals surface area contributed by atoms with Crippen LogP contribution >= 0.6 is 0 Å². The van der Waals surface area contributed by atoms with Gasteiger partial charge in [-0.25, -0.2) is 0 Å². The first kappa shape index (κ1) is 18.5. The first-order valence-electron chi connectivity index (χ1n) is 8.15. The highest BCUT2D eigenvalue weighted by atomic mass is 16.5. The zero-order valence-electron chi connectivity index (χ0n) is 14.7. The fraction of sp³-hybridized carbons (Fsp3) is 0.389. The van der Waals surface area contributed by atoms with Crippen LogP contribution in [0.4, 0.5) is 0 Å². The minimum absolute atomic E-state index is 0.0683. The van der Waals surface area contributed by atoms with Crippen molar-refractivity contribution in [2.75, 3.05) is 7.11 Å². The Bertz CT molecular complexity index is 683. The molecule has 0 bridgehead atoms. The van der Waals surface area contributed by atoms with E-state index in [1.165, 1.54) is 6.92 Å². The maximum absolute atomic E-state index is 12.4. The van der Waals surface area contributed by atoms with Crippen molar-refractivity contribution in [1.29, 1.82) is 0 Å². The van der Waals surface area contributed by atoms with Crippen LogP contribution in [0.1, 0.15) is 31.9 Å². The number of benzene rings is 1. The predicted molar refractivity (Wildman–Crippen MR) is 94.0 cm³/mol. The highest BCUT2D eigenvalue weighted by molar-refractivity contribution is 5.79. The number of hydrogen-bond donors (Lipinski definition) is 2. The summed E-state index contributed by atoms with van der Waals surface area (Å²) in [6.45, 7) is 3.95. The number of methoxy groups -OCH3 is 1. The van der Waals surface area contributed by atoms with Crippen LogP contribution in [0.25, 0.3) is 0 Å². The van der Waals surface area contributed by atoms with Gasteiger partial charge in [-0.1, -0.05) is 12.1 Å². The summed E-state index contributed by atoms with van der Waals surface area (Å²) in [4.78, 5) is 23.8. The molecule has 2 atom stereocenters. The monoisotopic (exact) mass is 344 g/mol. The molecule has 2 aromatic rings.